The second kappa shape index (κ2) is 6.90. The van der Waals surface area contributed by atoms with Crippen LogP contribution in [0.3, 0.4) is 0 Å². The second-order valence-electron chi connectivity index (χ2n) is 4.64. The van der Waals surface area contributed by atoms with Gasteiger partial charge in [0, 0.05) is 24.4 Å². The van der Waals surface area contributed by atoms with Gasteiger partial charge in [-0.3, -0.25) is 4.79 Å². The molecule has 0 bridgehead atoms. The van der Waals surface area contributed by atoms with Crippen LogP contribution in [-0.2, 0) is 4.74 Å². The summed E-state index contributed by atoms with van der Waals surface area (Å²) in [5, 5.41) is 0. The van der Waals surface area contributed by atoms with Crippen molar-refractivity contribution < 1.29 is 13.9 Å². The fourth-order valence-corrected chi connectivity index (χ4v) is 2.06. The molecule has 1 heterocycles. The van der Waals surface area contributed by atoms with E-state index in [1.54, 1.807) is 12.1 Å². The zero-order chi connectivity index (χ0) is 15.2. The second-order valence-corrected chi connectivity index (χ2v) is 4.64. The summed E-state index contributed by atoms with van der Waals surface area (Å²) in [6, 6.07) is 4.50. The Balaban J connectivity index is 2.18. The van der Waals surface area contributed by atoms with Gasteiger partial charge in [-0.2, -0.15) is 0 Å². The van der Waals surface area contributed by atoms with Gasteiger partial charge in [0.2, 0.25) is 0 Å². The zero-order valence-electron chi connectivity index (χ0n) is 11.6. The maximum absolute atomic E-state index is 14.0. The maximum Gasteiger partial charge on any atom is 0.153 e. The van der Waals surface area contributed by atoms with Gasteiger partial charge in [0.25, 0.3) is 0 Å². The number of allylic oxidation sites excluding steroid dienone is 2. The van der Waals surface area contributed by atoms with E-state index in [0.717, 1.165) is 0 Å². The van der Waals surface area contributed by atoms with Gasteiger partial charge < -0.3 is 21.1 Å². The molecule has 4 N–H and O–H groups in total. The molecule has 1 aromatic rings. The molecule has 6 heteroatoms. The van der Waals surface area contributed by atoms with E-state index in [1.807, 2.05) is 4.90 Å². The van der Waals surface area contributed by atoms with E-state index in [1.165, 1.54) is 18.2 Å². The molecule has 1 fully saturated rings. The number of benzene rings is 1. The first-order valence-electron chi connectivity index (χ1n) is 6.63. The monoisotopic (exact) mass is 291 g/mol. The largest absolute Gasteiger partial charge is 0.398 e. The highest BCUT2D eigenvalue weighted by atomic mass is 19.1. The Morgan fingerprint density at radius 1 is 1.24 bits per heavy atom. The number of ether oxygens (including phenoxy) is 1. The molecular weight excluding hydrogens is 273 g/mol. The molecule has 0 atom stereocenters. The average Bonchev–Trinajstić information content (AvgIpc) is 2.53. The molecule has 1 aliphatic rings. The summed E-state index contributed by atoms with van der Waals surface area (Å²) in [7, 11) is 0. The lowest BCUT2D eigenvalue weighted by Gasteiger charge is -2.28. The molecule has 0 aliphatic carbocycles. The molecule has 0 unspecified atom stereocenters. The number of morpholine rings is 1. The van der Waals surface area contributed by atoms with Gasteiger partial charge in [0.1, 0.15) is 5.82 Å². The third-order valence-electron chi connectivity index (χ3n) is 3.28. The van der Waals surface area contributed by atoms with E-state index in [9.17, 15) is 9.18 Å². The first kappa shape index (κ1) is 15.1. The highest BCUT2D eigenvalue weighted by molar-refractivity contribution is 5.78. The van der Waals surface area contributed by atoms with Crippen LogP contribution in [0.1, 0.15) is 15.9 Å². The molecule has 112 valence electrons. The molecule has 0 aromatic heterocycles. The summed E-state index contributed by atoms with van der Waals surface area (Å²) < 4.78 is 19.2. The Bertz CT molecular complexity index is 578. The van der Waals surface area contributed by atoms with Crippen molar-refractivity contribution in [1.29, 1.82) is 0 Å². The fraction of sp³-hybridized carbons (Fsp3) is 0.267. The minimum absolute atomic E-state index is 0.0195. The quantitative estimate of drug-likeness (QED) is 0.640. The minimum Gasteiger partial charge on any atom is -0.398 e. The molecule has 21 heavy (non-hydrogen) atoms. The van der Waals surface area contributed by atoms with Crippen molar-refractivity contribution in [2.45, 2.75) is 0 Å². The molecule has 0 radical (unpaired) electrons. The molecule has 5 nitrogen and oxygen atoms in total. The van der Waals surface area contributed by atoms with E-state index in [2.05, 4.69) is 0 Å². The summed E-state index contributed by atoms with van der Waals surface area (Å²) in [6.07, 6.45) is 3.63. The van der Waals surface area contributed by atoms with E-state index in [-0.39, 0.29) is 16.8 Å². The Morgan fingerprint density at radius 3 is 2.62 bits per heavy atom. The van der Waals surface area contributed by atoms with Crippen LogP contribution in [0, 0.1) is 5.82 Å². The van der Waals surface area contributed by atoms with Crippen molar-refractivity contribution in [3.05, 3.63) is 53.1 Å². The van der Waals surface area contributed by atoms with Crippen molar-refractivity contribution >= 4 is 12.0 Å². The molecule has 0 saturated carbocycles. The third-order valence-corrected chi connectivity index (χ3v) is 3.28. The number of aldehydes is 1. The molecule has 1 saturated heterocycles. The minimum atomic E-state index is -0.625. The summed E-state index contributed by atoms with van der Waals surface area (Å²) in [5.41, 5.74) is 12.2. The highest BCUT2D eigenvalue weighted by Gasteiger charge is 2.11. The van der Waals surface area contributed by atoms with E-state index in [0.29, 0.717) is 38.4 Å². The van der Waals surface area contributed by atoms with Gasteiger partial charge in [-0.15, -0.1) is 0 Å². The van der Waals surface area contributed by atoms with E-state index >= 15 is 0 Å². The predicted octanol–water partition coefficient (Wildman–Crippen LogP) is 1.07. The molecule has 2 rings (SSSR count). The molecule has 0 amide bonds. The third kappa shape index (κ3) is 3.61. The summed E-state index contributed by atoms with van der Waals surface area (Å²) >= 11 is 0. The van der Waals surface area contributed by atoms with Crippen LogP contribution in [-0.4, -0.2) is 37.5 Å². The Labute approximate surface area is 122 Å². The first-order chi connectivity index (χ1) is 10.1. The maximum atomic E-state index is 14.0. The van der Waals surface area contributed by atoms with Gasteiger partial charge in [-0.25, -0.2) is 4.39 Å². The van der Waals surface area contributed by atoms with Crippen LogP contribution in [0.25, 0.3) is 5.70 Å². The van der Waals surface area contributed by atoms with Gasteiger partial charge >= 0.3 is 0 Å². The van der Waals surface area contributed by atoms with E-state index < -0.39 is 5.82 Å². The molecular formula is C15H18FN3O2. The molecule has 0 spiro atoms. The van der Waals surface area contributed by atoms with E-state index in [4.69, 9.17) is 16.2 Å². The number of hydrogen-bond acceptors (Lipinski definition) is 5. The van der Waals surface area contributed by atoms with Crippen molar-refractivity contribution in [2.75, 3.05) is 26.3 Å². The smallest absolute Gasteiger partial charge is 0.153 e. The normalized spacial score (nSPS) is 16.9. The Kier molecular flexibility index (Phi) is 4.94. The average molecular weight is 291 g/mol. The predicted molar refractivity (Wildman–Crippen MR) is 78.6 cm³/mol. The van der Waals surface area contributed by atoms with Crippen LogP contribution in [0.5, 0.6) is 0 Å². The Hall–Kier alpha value is -2.34. The van der Waals surface area contributed by atoms with Crippen molar-refractivity contribution in [1.82, 2.24) is 4.90 Å². The lowest BCUT2D eigenvalue weighted by Crippen LogP contribution is -2.38. The zero-order valence-corrected chi connectivity index (χ0v) is 11.6. The fourth-order valence-electron chi connectivity index (χ4n) is 2.06. The number of carbonyl (C=O) groups excluding carboxylic acids is 1. The van der Waals surface area contributed by atoms with Crippen LogP contribution in [0.2, 0.25) is 0 Å². The first-order valence-corrected chi connectivity index (χ1v) is 6.63. The van der Waals surface area contributed by atoms with Crippen LogP contribution >= 0.6 is 0 Å². The molecule has 1 aromatic carbocycles. The van der Waals surface area contributed by atoms with Crippen molar-refractivity contribution in [2.24, 2.45) is 11.5 Å². The highest BCUT2D eigenvalue weighted by Crippen LogP contribution is 2.17. The van der Waals surface area contributed by atoms with Gasteiger partial charge in [0.05, 0.1) is 24.6 Å². The number of carbonyl (C=O) groups is 1. The van der Waals surface area contributed by atoms with Crippen LogP contribution < -0.4 is 11.5 Å². The number of halogens is 1. The number of hydrogen-bond donors (Lipinski definition) is 2. The summed E-state index contributed by atoms with van der Waals surface area (Å²) in [6.45, 7) is 2.68. The van der Waals surface area contributed by atoms with Crippen molar-refractivity contribution in [3.8, 4) is 0 Å². The standard InChI is InChI=1S/C15H18FN3O2/c16-15-11(10-20)2-1-3-12(15)13(17)4-5-14(18)19-6-8-21-9-7-19/h1-5,10H,6-9,17-18H2/b13-4-,14-5+. The SMILES string of the molecule is N/C(=C\C=C(/N)N1CCOCC1)c1cccc(C=O)c1F. The summed E-state index contributed by atoms with van der Waals surface area (Å²) in [4.78, 5) is 12.7. The lowest BCUT2D eigenvalue weighted by molar-refractivity contribution is 0.0530. The van der Waals surface area contributed by atoms with Crippen molar-refractivity contribution in [3.63, 3.8) is 0 Å². The van der Waals surface area contributed by atoms with Crippen LogP contribution in [0.15, 0.2) is 36.2 Å². The van der Waals surface area contributed by atoms with Gasteiger partial charge in [-0.1, -0.05) is 6.07 Å². The number of nitrogens with zero attached hydrogens (tertiary/aromatic N) is 1. The Morgan fingerprint density at radius 2 is 1.95 bits per heavy atom. The summed E-state index contributed by atoms with van der Waals surface area (Å²) in [5.74, 6) is -0.0761. The molecule has 1 aliphatic heterocycles. The number of rotatable bonds is 4. The van der Waals surface area contributed by atoms with Gasteiger partial charge in [-0.05, 0) is 24.3 Å². The number of nitrogens with two attached hydrogens (primary N) is 2. The van der Waals surface area contributed by atoms with Gasteiger partial charge in [0.15, 0.2) is 6.29 Å². The van der Waals surface area contributed by atoms with Crippen LogP contribution in [0.4, 0.5) is 4.39 Å². The lowest BCUT2D eigenvalue weighted by atomic mass is 10.1. The topological polar surface area (TPSA) is 81.6 Å².